The molecule has 2 aromatic rings. The lowest BCUT2D eigenvalue weighted by molar-refractivity contribution is -0.143. The molecule has 1 aromatic heterocycles. The zero-order valence-corrected chi connectivity index (χ0v) is 12.8. The van der Waals surface area contributed by atoms with Gasteiger partial charge in [0.1, 0.15) is 0 Å². The van der Waals surface area contributed by atoms with E-state index in [0.29, 0.717) is 0 Å². The molecule has 1 aromatic carbocycles. The molecular weight excluding hydrogens is 293 g/mol. The third kappa shape index (κ3) is 4.44. The van der Waals surface area contributed by atoms with Crippen LogP contribution in [-0.4, -0.2) is 15.6 Å². The van der Waals surface area contributed by atoms with Gasteiger partial charge in [0.25, 0.3) is 0 Å². The molecule has 0 aliphatic heterocycles. The molecule has 0 saturated heterocycles. The monoisotopic (exact) mass is 312 g/mol. The Kier molecular flexibility index (Phi) is 6.34. The minimum atomic E-state index is -4.63. The Labute approximate surface area is 127 Å². The quantitative estimate of drug-likeness (QED) is 0.756. The fraction of sp³-hybridized carbons (Fsp3) is 0.375. The topological polar surface area (TPSA) is 34.9 Å². The second kappa shape index (κ2) is 7.77. The highest BCUT2D eigenvalue weighted by Gasteiger charge is 2.39. The Hall–Kier alpha value is -2.11. The maximum absolute atomic E-state index is 13.0. The van der Waals surface area contributed by atoms with Gasteiger partial charge in [-0.2, -0.15) is 18.3 Å². The van der Waals surface area contributed by atoms with E-state index in [2.05, 4.69) is 18.9 Å². The van der Waals surface area contributed by atoms with Crippen molar-refractivity contribution in [3.63, 3.8) is 0 Å². The van der Waals surface area contributed by atoms with E-state index in [1.165, 1.54) is 25.0 Å². The summed E-state index contributed by atoms with van der Waals surface area (Å²) in [7, 11) is 0. The zero-order chi connectivity index (χ0) is 16.8. The third-order valence-corrected chi connectivity index (χ3v) is 2.92. The Morgan fingerprint density at radius 2 is 1.68 bits per heavy atom. The van der Waals surface area contributed by atoms with Crippen LogP contribution in [-0.2, 0) is 6.18 Å². The minimum Gasteiger partial charge on any atom is -0.294 e. The van der Waals surface area contributed by atoms with Crippen molar-refractivity contribution in [1.29, 1.82) is 0 Å². The number of para-hydroxylation sites is 1. The molecule has 2 rings (SSSR count). The van der Waals surface area contributed by atoms with Gasteiger partial charge in [0.15, 0.2) is 11.5 Å². The second-order valence-corrected chi connectivity index (χ2v) is 4.71. The molecular formula is C16H19F3N2O. The molecule has 3 nitrogen and oxygen atoms in total. The molecule has 0 spiro atoms. The second-order valence-electron chi connectivity index (χ2n) is 4.71. The number of unbranched alkanes of at least 4 members (excludes halogenated alkanes) is 1. The first-order valence-electron chi connectivity index (χ1n) is 7.04. The van der Waals surface area contributed by atoms with Crippen molar-refractivity contribution in [2.75, 3.05) is 0 Å². The van der Waals surface area contributed by atoms with Crippen molar-refractivity contribution >= 4 is 5.78 Å². The Morgan fingerprint density at radius 3 is 2.09 bits per heavy atom. The van der Waals surface area contributed by atoms with Crippen LogP contribution in [0.3, 0.4) is 0 Å². The standard InChI is InChI=1S/C12H9F3N2O.C4H10/c1-8(18)10-7-16-17(11(10)12(13,14)15)9-5-3-2-4-6-9;1-3-4-2/h2-7H,1H3;3-4H2,1-2H3. The number of Topliss-reactive ketones (excluding diaryl/α,β-unsaturated/α-hetero) is 1. The number of carbonyl (C=O) groups is 1. The van der Waals surface area contributed by atoms with Crippen molar-refractivity contribution in [2.45, 2.75) is 39.8 Å². The van der Waals surface area contributed by atoms with Crippen LogP contribution in [0.25, 0.3) is 5.69 Å². The maximum Gasteiger partial charge on any atom is 0.434 e. The Bertz CT molecular complexity index is 602. The lowest BCUT2D eigenvalue weighted by Crippen LogP contribution is -2.16. The molecule has 0 unspecified atom stereocenters. The van der Waals surface area contributed by atoms with E-state index in [0.717, 1.165) is 17.8 Å². The Morgan fingerprint density at radius 1 is 1.14 bits per heavy atom. The van der Waals surface area contributed by atoms with Crippen LogP contribution in [0, 0.1) is 0 Å². The summed E-state index contributed by atoms with van der Waals surface area (Å²) in [5.74, 6) is -0.662. The first kappa shape index (κ1) is 17.9. The highest BCUT2D eigenvalue weighted by molar-refractivity contribution is 5.95. The van der Waals surface area contributed by atoms with Crippen LogP contribution in [0.15, 0.2) is 36.5 Å². The van der Waals surface area contributed by atoms with E-state index < -0.39 is 23.2 Å². The van der Waals surface area contributed by atoms with E-state index in [1.54, 1.807) is 18.2 Å². The van der Waals surface area contributed by atoms with Crippen molar-refractivity contribution in [2.24, 2.45) is 0 Å². The van der Waals surface area contributed by atoms with E-state index in [4.69, 9.17) is 0 Å². The van der Waals surface area contributed by atoms with Gasteiger partial charge in [-0.25, -0.2) is 4.68 Å². The van der Waals surface area contributed by atoms with E-state index >= 15 is 0 Å². The summed E-state index contributed by atoms with van der Waals surface area (Å²) in [4.78, 5) is 11.2. The summed E-state index contributed by atoms with van der Waals surface area (Å²) in [5, 5.41) is 3.65. The van der Waals surface area contributed by atoms with Crippen molar-refractivity contribution in [3.8, 4) is 5.69 Å². The largest absolute Gasteiger partial charge is 0.434 e. The van der Waals surface area contributed by atoms with Crippen LogP contribution >= 0.6 is 0 Å². The third-order valence-electron chi connectivity index (χ3n) is 2.92. The first-order valence-corrected chi connectivity index (χ1v) is 7.04. The summed E-state index contributed by atoms with van der Waals surface area (Å²) in [6, 6.07) is 7.87. The highest BCUT2D eigenvalue weighted by atomic mass is 19.4. The lowest BCUT2D eigenvalue weighted by atomic mass is 10.1. The number of hydrogen-bond donors (Lipinski definition) is 0. The number of nitrogens with zero attached hydrogens (tertiary/aromatic N) is 2. The SMILES string of the molecule is CC(=O)c1cnn(-c2ccccc2)c1C(F)(F)F.CCCC. The average molecular weight is 312 g/mol. The molecule has 22 heavy (non-hydrogen) atoms. The lowest BCUT2D eigenvalue weighted by Gasteiger charge is -2.11. The number of hydrogen-bond acceptors (Lipinski definition) is 2. The van der Waals surface area contributed by atoms with Crippen LogP contribution in [0.2, 0.25) is 0 Å². The van der Waals surface area contributed by atoms with Gasteiger partial charge in [-0.05, 0) is 19.1 Å². The van der Waals surface area contributed by atoms with Crippen LogP contribution in [0.5, 0.6) is 0 Å². The van der Waals surface area contributed by atoms with E-state index in [9.17, 15) is 18.0 Å². The summed E-state index contributed by atoms with van der Waals surface area (Å²) in [6.45, 7) is 5.45. The van der Waals surface area contributed by atoms with Crippen molar-refractivity contribution in [3.05, 3.63) is 47.8 Å². The fourth-order valence-corrected chi connectivity index (χ4v) is 1.64. The number of alkyl halides is 3. The molecule has 0 saturated carbocycles. The predicted octanol–water partition coefficient (Wildman–Crippen LogP) is 4.90. The van der Waals surface area contributed by atoms with Crippen molar-refractivity contribution in [1.82, 2.24) is 9.78 Å². The van der Waals surface area contributed by atoms with Gasteiger partial charge in [-0.3, -0.25) is 4.79 Å². The van der Waals surface area contributed by atoms with Gasteiger partial charge in [0, 0.05) is 0 Å². The zero-order valence-electron chi connectivity index (χ0n) is 12.8. The minimum absolute atomic E-state index is 0.261. The molecule has 1 heterocycles. The number of halogens is 3. The normalized spacial score (nSPS) is 10.8. The van der Waals surface area contributed by atoms with Crippen LogP contribution in [0.1, 0.15) is 49.7 Å². The maximum atomic E-state index is 13.0. The molecule has 0 N–H and O–H groups in total. The average Bonchev–Trinajstić information content (AvgIpc) is 2.94. The first-order chi connectivity index (χ1) is 10.3. The summed E-state index contributed by atoms with van der Waals surface area (Å²) < 4.78 is 39.7. The molecule has 0 fully saturated rings. The molecule has 0 aliphatic carbocycles. The summed E-state index contributed by atoms with van der Waals surface area (Å²) >= 11 is 0. The van der Waals surface area contributed by atoms with Gasteiger partial charge in [-0.1, -0.05) is 44.9 Å². The van der Waals surface area contributed by atoms with E-state index in [1.807, 2.05) is 0 Å². The van der Waals surface area contributed by atoms with Gasteiger partial charge in [0.2, 0.25) is 0 Å². The van der Waals surface area contributed by atoms with Crippen LogP contribution in [0.4, 0.5) is 13.2 Å². The van der Waals surface area contributed by atoms with Gasteiger partial charge < -0.3 is 0 Å². The summed E-state index contributed by atoms with van der Waals surface area (Å²) in [5.41, 5.74) is -1.20. The Balaban J connectivity index is 0.000000541. The fourth-order valence-electron chi connectivity index (χ4n) is 1.64. The predicted molar refractivity (Wildman–Crippen MR) is 79.2 cm³/mol. The van der Waals surface area contributed by atoms with E-state index in [-0.39, 0.29) is 5.69 Å². The molecule has 0 radical (unpaired) electrons. The molecule has 6 heteroatoms. The smallest absolute Gasteiger partial charge is 0.294 e. The number of benzene rings is 1. The highest BCUT2D eigenvalue weighted by Crippen LogP contribution is 2.33. The van der Waals surface area contributed by atoms with Gasteiger partial charge in [0.05, 0.1) is 17.4 Å². The van der Waals surface area contributed by atoms with Crippen LogP contribution < -0.4 is 0 Å². The number of aromatic nitrogens is 2. The van der Waals surface area contributed by atoms with Gasteiger partial charge >= 0.3 is 6.18 Å². The van der Waals surface area contributed by atoms with Gasteiger partial charge in [-0.15, -0.1) is 0 Å². The van der Waals surface area contributed by atoms with Crippen molar-refractivity contribution < 1.29 is 18.0 Å². The number of rotatable bonds is 3. The number of ketones is 1. The molecule has 120 valence electrons. The molecule has 0 bridgehead atoms. The molecule has 0 aliphatic rings. The number of carbonyl (C=O) groups excluding carboxylic acids is 1. The molecule has 0 amide bonds. The molecule has 0 atom stereocenters. The summed E-state index contributed by atoms with van der Waals surface area (Å²) in [6.07, 6.45) is -1.05.